The van der Waals surface area contributed by atoms with Gasteiger partial charge >= 0.3 is 0 Å². The number of carbonyl (C=O) groups is 1. The van der Waals surface area contributed by atoms with E-state index in [0.29, 0.717) is 33.1 Å². The van der Waals surface area contributed by atoms with Gasteiger partial charge in [0.25, 0.3) is 5.91 Å². The molecule has 0 bridgehead atoms. The van der Waals surface area contributed by atoms with Gasteiger partial charge in [0.1, 0.15) is 11.4 Å². The topological polar surface area (TPSA) is 73.4 Å². The van der Waals surface area contributed by atoms with Crippen molar-refractivity contribution in [2.75, 3.05) is 35.4 Å². The molecule has 31 heavy (non-hydrogen) atoms. The van der Waals surface area contributed by atoms with Crippen molar-refractivity contribution in [2.24, 2.45) is 0 Å². The fourth-order valence-electron chi connectivity index (χ4n) is 3.97. The van der Waals surface area contributed by atoms with Gasteiger partial charge in [0.2, 0.25) is 5.95 Å². The molecule has 2 aliphatic rings. The molecular formula is C22H20Cl2N6O. The van der Waals surface area contributed by atoms with Crippen molar-refractivity contribution < 1.29 is 4.79 Å². The summed E-state index contributed by atoms with van der Waals surface area (Å²) in [6.45, 7) is 2.13. The number of halogens is 2. The molecule has 0 spiro atoms. The van der Waals surface area contributed by atoms with E-state index in [1.54, 1.807) is 29.3 Å². The Morgan fingerprint density at radius 2 is 1.94 bits per heavy atom. The van der Waals surface area contributed by atoms with Crippen LogP contribution in [0, 0.1) is 0 Å². The summed E-state index contributed by atoms with van der Waals surface area (Å²) in [7, 11) is 1.87. The molecule has 2 N–H and O–H groups in total. The number of benzene rings is 2. The van der Waals surface area contributed by atoms with Gasteiger partial charge in [-0.05, 0) is 48.4 Å². The average Bonchev–Trinajstić information content (AvgIpc) is 2.77. The predicted octanol–water partition coefficient (Wildman–Crippen LogP) is 4.23. The molecule has 0 radical (unpaired) electrons. The first-order valence-corrected chi connectivity index (χ1v) is 10.7. The second kappa shape index (κ2) is 8.00. The predicted molar refractivity (Wildman–Crippen MR) is 124 cm³/mol. The number of hydrogen-bond donors (Lipinski definition) is 2. The van der Waals surface area contributed by atoms with Crippen LogP contribution in [-0.2, 0) is 13.0 Å². The van der Waals surface area contributed by atoms with Crippen molar-refractivity contribution >= 4 is 52.3 Å². The number of carbonyl (C=O) groups excluding carboxylic acids is 1. The smallest absolute Gasteiger partial charge is 0.265 e. The number of nitrogens with zero attached hydrogens (tertiary/aromatic N) is 4. The molecule has 0 atom stereocenters. The van der Waals surface area contributed by atoms with Crippen LogP contribution in [0.2, 0.25) is 10.0 Å². The highest BCUT2D eigenvalue weighted by Crippen LogP contribution is 2.37. The van der Waals surface area contributed by atoms with Gasteiger partial charge in [0.15, 0.2) is 0 Å². The summed E-state index contributed by atoms with van der Waals surface area (Å²) < 4.78 is 0. The van der Waals surface area contributed by atoms with E-state index in [2.05, 4.69) is 32.7 Å². The molecule has 3 heterocycles. The van der Waals surface area contributed by atoms with E-state index in [4.69, 9.17) is 23.2 Å². The molecule has 0 unspecified atom stereocenters. The van der Waals surface area contributed by atoms with Crippen LogP contribution >= 0.6 is 23.2 Å². The number of rotatable bonds is 3. The maximum atomic E-state index is 13.2. The summed E-state index contributed by atoms with van der Waals surface area (Å²) in [6.07, 6.45) is 2.57. The molecule has 2 aliphatic heterocycles. The second-order valence-electron chi connectivity index (χ2n) is 7.61. The highest BCUT2D eigenvalue weighted by Gasteiger charge is 2.32. The Balaban J connectivity index is 1.44. The normalized spacial score (nSPS) is 15.5. The lowest BCUT2D eigenvalue weighted by molar-refractivity contribution is 0.0982. The minimum atomic E-state index is -0.241. The number of anilines is 4. The Hall–Kier alpha value is -2.87. The average molecular weight is 455 g/mol. The summed E-state index contributed by atoms with van der Waals surface area (Å²) in [4.78, 5) is 25.6. The second-order valence-corrected chi connectivity index (χ2v) is 8.42. The van der Waals surface area contributed by atoms with Crippen molar-refractivity contribution in [1.82, 2.24) is 15.3 Å². The minimum Gasteiger partial charge on any atom is -0.341 e. The third-order valence-corrected chi connectivity index (χ3v) is 6.13. The highest BCUT2D eigenvalue weighted by atomic mass is 35.5. The van der Waals surface area contributed by atoms with Crippen LogP contribution < -0.4 is 20.4 Å². The fourth-order valence-corrected chi connectivity index (χ4v) is 4.57. The Labute approximate surface area is 190 Å². The largest absolute Gasteiger partial charge is 0.341 e. The van der Waals surface area contributed by atoms with Crippen molar-refractivity contribution in [3.8, 4) is 0 Å². The van der Waals surface area contributed by atoms with Gasteiger partial charge in [0, 0.05) is 25.5 Å². The van der Waals surface area contributed by atoms with Gasteiger partial charge in [-0.15, -0.1) is 0 Å². The summed E-state index contributed by atoms with van der Waals surface area (Å²) in [5, 5.41) is 7.47. The lowest BCUT2D eigenvalue weighted by Crippen LogP contribution is -2.46. The molecule has 3 aromatic rings. The van der Waals surface area contributed by atoms with E-state index in [-0.39, 0.29) is 12.6 Å². The van der Waals surface area contributed by atoms with Crippen molar-refractivity contribution in [3.05, 3.63) is 69.3 Å². The maximum Gasteiger partial charge on any atom is 0.265 e. The summed E-state index contributed by atoms with van der Waals surface area (Å²) in [5.74, 6) is 0.752. The highest BCUT2D eigenvalue weighted by molar-refractivity contribution is 6.40. The molecule has 158 valence electrons. The number of fused-ring (bicyclic) bond motifs is 2. The zero-order chi connectivity index (χ0) is 21.5. The summed E-state index contributed by atoms with van der Waals surface area (Å²) in [6, 6.07) is 11.4. The van der Waals surface area contributed by atoms with E-state index >= 15 is 0 Å². The zero-order valence-corrected chi connectivity index (χ0v) is 18.3. The van der Waals surface area contributed by atoms with E-state index in [0.717, 1.165) is 25.2 Å². The van der Waals surface area contributed by atoms with Crippen molar-refractivity contribution in [1.29, 1.82) is 0 Å². The monoisotopic (exact) mass is 454 g/mol. The summed E-state index contributed by atoms with van der Waals surface area (Å²) >= 11 is 12.7. The molecule has 7 nitrogen and oxygen atoms in total. The van der Waals surface area contributed by atoms with Gasteiger partial charge < -0.3 is 15.5 Å². The van der Waals surface area contributed by atoms with Crippen LogP contribution in [0.15, 0.2) is 42.6 Å². The number of nitrogens with one attached hydrogen (secondary N) is 2. The molecule has 1 aromatic heterocycles. The Bertz CT molecular complexity index is 1160. The number of hydrogen-bond acceptors (Lipinski definition) is 6. The quantitative estimate of drug-likeness (QED) is 0.616. The van der Waals surface area contributed by atoms with Gasteiger partial charge in [-0.25, -0.2) is 4.98 Å². The van der Waals surface area contributed by atoms with E-state index in [1.165, 1.54) is 11.1 Å². The lowest BCUT2D eigenvalue weighted by atomic mass is 10.0. The first-order chi connectivity index (χ1) is 15.0. The zero-order valence-electron chi connectivity index (χ0n) is 16.8. The Morgan fingerprint density at radius 3 is 2.74 bits per heavy atom. The molecule has 1 amide bonds. The molecule has 9 heteroatoms. The van der Waals surface area contributed by atoms with Gasteiger partial charge in [-0.2, -0.15) is 4.98 Å². The SMILES string of the molecule is CN1CN(c2c(Cl)cccc2Cl)C(=O)c2cnc(Nc3ccc4c(c3)CNCC4)nc21. The maximum absolute atomic E-state index is 13.2. The first kappa shape index (κ1) is 20.1. The molecule has 0 saturated carbocycles. The standard InChI is InChI=1S/C22H20Cl2N6O/c1-29-12-30(19-17(23)3-2-4-18(19)24)21(31)16-11-26-22(28-20(16)29)27-15-6-5-13-7-8-25-10-14(13)9-15/h2-6,9,11,25H,7-8,10,12H2,1H3,(H,26,27,28). The molecule has 0 saturated heterocycles. The molecule has 0 fully saturated rings. The fraction of sp³-hybridized carbons (Fsp3) is 0.227. The first-order valence-electron chi connectivity index (χ1n) is 9.95. The van der Waals surface area contributed by atoms with Crippen LogP contribution in [0.3, 0.4) is 0 Å². The van der Waals surface area contributed by atoms with Crippen LogP contribution in [0.1, 0.15) is 21.5 Å². The van der Waals surface area contributed by atoms with E-state index in [1.807, 2.05) is 18.0 Å². The lowest BCUT2D eigenvalue weighted by Gasteiger charge is -2.35. The summed E-state index contributed by atoms with van der Waals surface area (Å²) in [5.41, 5.74) is 4.42. The third kappa shape index (κ3) is 3.69. The molecular weight excluding hydrogens is 435 g/mol. The third-order valence-electron chi connectivity index (χ3n) is 5.52. The van der Waals surface area contributed by atoms with Crippen LogP contribution in [-0.4, -0.2) is 36.1 Å². The van der Waals surface area contributed by atoms with Crippen LogP contribution in [0.5, 0.6) is 0 Å². The minimum absolute atomic E-state index is 0.241. The van der Waals surface area contributed by atoms with E-state index < -0.39 is 0 Å². The van der Waals surface area contributed by atoms with Gasteiger partial charge in [-0.1, -0.05) is 35.3 Å². The Morgan fingerprint density at radius 1 is 1.13 bits per heavy atom. The van der Waals surface area contributed by atoms with Crippen molar-refractivity contribution in [2.45, 2.75) is 13.0 Å². The van der Waals surface area contributed by atoms with Gasteiger partial charge in [-0.3, -0.25) is 9.69 Å². The Kier molecular flexibility index (Phi) is 5.17. The molecule has 0 aliphatic carbocycles. The number of amides is 1. The van der Waals surface area contributed by atoms with Gasteiger partial charge in [0.05, 0.1) is 22.4 Å². The number of aromatic nitrogens is 2. The van der Waals surface area contributed by atoms with Crippen LogP contribution in [0.25, 0.3) is 0 Å². The van der Waals surface area contributed by atoms with Crippen LogP contribution in [0.4, 0.5) is 23.1 Å². The van der Waals surface area contributed by atoms with E-state index in [9.17, 15) is 4.79 Å². The molecule has 2 aromatic carbocycles. The van der Waals surface area contributed by atoms with Crippen molar-refractivity contribution in [3.63, 3.8) is 0 Å². The molecule has 5 rings (SSSR count). The number of para-hydroxylation sites is 1.